The first-order chi connectivity index (χ1) is 12.5. The van der Waals surface area contributed by atoms with Crippen LogP contribution in [-0.4, -0.2) is 40.5 Å². The summed E-state index contributed by atoms with van der Waals surface area (Å²) in [6, 6.07) is 7.89. The lowest BCUT2D eigenvalue weighted by molar-refractivity contribution is 0.187. The van der Waals surface area contributed by atoms with Crippen molar-refractivity contribution in [2.45, 2.75) is 39.8 Å². The van der Waals surface area contributed by atoms with E-state index in [1.54, 1.807) is 12.1 Å². The molecule has 142 valence electrons. The van der Waals surface area contributed by atoms with Crippen LogP contribution < -0.4 is 10.6 Å². The maximum absolute atomic E-state index is 13.0. The van der Waals surface area contributed by atoms with Crippen molar-refractivity contribution in [3.05, 3.63) is 53.1 Å². The van der Waals surface area contributed by atoms with E-state index in [0.717, 1.165) is 37.4 Å². The van der Waals surface area contributed by atoms with Gasteiger partial charge in [0, 0.05) is 25.3 Å². The Morgan fingerprint density at radius 2 is 2.00 bits per heavy atom. The molecule has 1 unspecified atom stereocenters. The Balaban J connectivity index is 1.82. The van der Waals surface area contributed by atoms with Crippen LogP contribution in [-0.2, 0) is 6.54 Å². The Kier molecular flexibility index (Phi) is 7.59. The van der Waals surface area contributed by atoms with E-state index in [1.807, 2.05) is 18.5 Å². The van der Waals surface area contributed by atoms with Crippen LogP contribution in [0.4, 0.5) is 4.39 Å². The highest BCUT2D eigenvalue weighted by molar-refractivity contribution is 5.79. The number of nitrogens with zero attached hydrogens (tertiary/aromatic N) is 3. The summed E-state index contributed by atoms with van der Waals surface area (Å²) in [7, 11) is 0. The Bertz CT molecular complexity index is 711. The van der Waals surface area contributed by atoms with Crippen LogP contribution in [0.2, 0.25) is 0 Å². The van der Waals surface area contributed by atoms with E-state index in [9.17, 15) is 9.50 Å². The number of halogens is 1. The van der Waals surface area contributed by atoms with E-state index < -0.39 is 6.10 Å². The van der Waals surface area contributed by atoms with Gasteiger partial charge in [-0.05, 0) is 51.0 Å². The predicted molar refractivity (Wildman–Crippen MR) is 102 cm³/mol. The molecule has 6 nitrogen and oxygen atoms in total. The number of aryl methyl sites for hydroxylation is 3. The van der Waals surface area contributed by atoms with Crippen molar-refractivity contribution in [3.8, 4) is 0 Å². The van der Waals surface area contributed by atoms with Crippen molar-refractivity contribution < 1.29 is 9.50 Å². The van der Waals surface area contributed by atoms with Crippen LogP contribution in [0.1, 0.15) is 36.4 Å². The minimum absolute atomic E-state index is 0.207. The summed E-state index contributed by atoms with van der Waals surface area (Å²) in [5, 5.41) is 21.0. The van der Waals surface area contributed by atoms with Gasteiger partial charge >= 0.3 is 0 Å². The van der Waals surface area contributed by atoms with Crippen LogP contribution in [0.25, 0.3) is 0 Å². The molecule has 0 fully saturated rings. The number of benzene rings is 1. The van der Waals surface area contributed by atoms with Gasteiger partial charge in [0.2, 0.25) is 0 Å². The van der Waals surface area contributed by atoms with Gasteiger partial charge in [-0.15, -0.1) is 0 Å². The smallest absolute Gasteiger partial charge is 0.191 e. The molecule has 0 aliphatic rings. The number of hydrogen-bond acceptors (Lipinski definition) is 3. The minimum Gasteiger partial charge on any atom is -0.386 e. The summed E-state index contributed by atoms with van der Waals surface area (Å²) in [5.74, 6) is 0.337. The molecular weight excluding hydrogens is 333 g/mol. The Labute approximate surface area is 154 Å². The van der Waals surface area contributed by atoms with Crippen molar-refractivity contribution in [2.24, 2.45) is 4.99 Å². The van der Waals surface area contributed by atoms with Crippen LogP contribution in [0.5, 0.6) is 0 Å². The van der Waals surface area contributed by atoms with Gasteiger partial charge in [0.25, 0.3) is 0 Å². The molecule has 0 aliphatic carbocycles. The normalized spacial score (nSPS) is 12.9. The zero-order valence-electron chi connectivity index (χ0n) is 15.7. The average molecular weight is 361 g/mol. The Hall–Kier alpha value is -2.41. The number of aliphatic imine (C=N–C) groups is 1. The van der Waals surface area contributed by atoms with Crippen molar-refractivity contribution >= 4 is 5.96 Å². The maximum Gasteiger partial charge on any atom is 0.191 e. The van der Waals surface area contributed by atoms with Crippen LogP contribution in [0.3, 0.4) is 0 Å². The molecule has 0 saturated carbocycles. The lowest BCUT2D eigenvalue weighted by Gasteiger charge is -2.13. The SMILES string of the molecule is CCNC(=NCC(O)c1ccc(F)cc1)NCCCn1nc(C)cc1C. The summed E-state index contributed by atoms with van der Waals surface area (Å²) in [5.41, 5.74) is 2.83. The molecule has 1 aromatic carbocycles. The number of rotatable bonds is 8. The quantitative estimate of drug-likeness (QED) is 0.383. The van der Waals surface area contributed by atoms with Crippen LogP contribution in [0.15, 0.2) is 35.3 Å². The molecule has 0 spiro atoms. The van der Waals surface area contributed by atoms with E-state index in [0.29, 0.717) is 11.5 Å². The number of hydrogen-bond donors (Lipinski definition) is 3. The molecule has 1 aromatic heterocycles. The third kappa shape index (κ3) is 6.15. The first-order valence-electron chi connectivity index (χ1n) is 8.96. The third-order valence-electron chi connectivity index (χ3n) is 3.96. The highest BCUT2D eigenvalue weighted by atomic mass is 19.1. The van der Waals surface area contributed by atoms with Crippen LogP contribution in [0, 0.1) is 19.7 Å². The molecule has 3 N–H and O–H groups in total. The van der Waals surface area contributed by atoms with Gasteiger partial charge in [0.15, 0.2) is 5.96 Å². The van der Waals surface area contributed by atoms with E-state index in [4.69, 9.17) is 0 Å². The fraction of sp³-hybridized carbons (Fsp3) is 0.474. The summed E-state index contributed by atoms with van der Waals surface area (Å²) >= 11 is 0. The molecule has 0 bridgehead atoms. The molecule has 26 heavy (non-hydrogen) atoms. The maximum atomic E-state index is 13.0. The van der Waals surface area contributed by atoms with Crippen molar-refractivity contribution in [1.29, 1.82) is 0 Å². The number of aliphatic hydroxyl groups excluding tert-OH is 1. The van der Waals surface area contributed by atoms with E-state index in [2.05, 4.69) is 33.7 Å². The van der Waals surface area contributed by atoms with E-state index in [1.165, 1.54) is 12.1 Å². The van der Waals surface area contributed by atoms with E-state index >= 15 is 0 Å². The lowest BCUT2D eigenvalue weighted by atomic mass is 10.1. The standard InChI is InChI=1S/C19H28FN5O/c1-4-21-19(22-10-5-11-25-15(3)12-14(2)24-25)23-13-18(26)16-6-8-17(20)9-7-16/h6-9,12,18,26H,4-5,10-11,13H2,1-3H3,(H2,21,22,23). The monoisotopic (exact) mass is 361 g/mol. The zero-order valence-corrected chi connectivity index (χ0v) is 15.7. The van der Waals surface area contributed by atoms with E-state index in [-0.39, 0.29) is 12.4 Å². The number of guanidine groups is 1. The molecule has 1 atom stereocenters. The van der Waals surface area contributed by atoms with Crippen LogP contribution >= 0.6 is 0 Å². The van der Waals surface area contributed by atoms with Gasteiger partial charge < -0.3 is 15.7 Å². The highest BCUT2D eigenvalue weighted by Crippen LogP contribution is 2.13. The number of aliphatic hydroxyl groups is 1. The summed E-state index contributed by atoms with van der Waals surface area (Å²) in [4.78, 5) is 4.41. The van der Waals surface area contributed by atoms with Crippen molar-refractivity contribution in [3.63, 3.8) is 0 Å². The first kappa shape index (κ1) is 19.9. The Morgan fingerprint density at radius 3 is 2.62 bits per heavy atom. The van der Waals surface area contributed by atoms with Gasteiger partial charge in [-0.3, -0.25) is 9.67 Å². The van der Waals surface area contributed by atoms with Gasteiger partial charge in [0.05, 0.1) is 18.3 Å². The lowest BCUT2D eigenvalue weighted by Crippen LogP contribution is -2.38. The molecular formula is C19H28FN5O. The van der Waals surface area contributed by atoms with Gasteiger partial charge in [-0.2, -0.15) is 5.10 Å². The molecule has 0 aliphatic heterocycles. The van der Waals surface area contributed by atoms with Gasteiger partial charge in [-0.25, -0.2) is 4.39 Å². The second-order valence-electron chi connectivity index (χ2n) is 6.22. The molecule has 0 amide bonds. The molecule has 0 saturated heterocycles. The summed E-state index contributed by atoms with van der Waals surface area (Å²) in [6.45, 7) is 8.55. The average Bonchev–Trinajstić information content (AvgIpc) is 2.94. The Morgan fingerprint density at radius 1 is 1.27 bits per heavy atom. The number of aromatic nitrogens is 2. The number of nitrogens with one attached hydrogen (secondary N) is 2. The molecule has 1 heterocycles. The minimum atomic E-state index is -0.763. The highest BCUT2D eigenvalue weighted by Gasteiger charge is 2.08. The third-order valence-corrected chi connectivity index (χ3v) is 3.96. The molecule has 2 rings (SSSR count). The van der Waals surface area contributed by atoms with Gasteiger partial charge in [-0.1, -0.05) is 12.1 Å². The first-order valence-corrected chi connectivity index (χ1v) is 8.96. The fourth-order valence-corrected chi connectivity index (χ4v) is 2.65. The summed E-state index contributed by atoms with van der Waals surface area (Å²) in [6.07, 6.45) is 0.146. The van der Waals surface area contributed by atoms with Crippen molar-refractivity contribution in [1.82, 2.24) is 20.4 Å². The second-order valence-corrected chi connectivity index (χ2v) is 6.22. The largest absolute Gasteiger partial charge is 0.386 e. The van der Waals surface area contributed by atoms with Gasteiger partial charge in [0.1, 0.15) is 5.82 Å². The fourth-order valence-electron chi connectivity index (χ4n) is 2.65. The molecule has 2 aromatic rings. The zero-order chi connectivity index (χ0) is 18.9. The predicted octanol–water partition coefficient (Wildman–Crippen LogP) is 2.32. The topological polar surface area (TPSA) is 74.5 Å². The van der Waals surface area contributed by atoms with Crippen molar-refractivity contribution in [2.75, 3.05) is 19.6 Å². The second kappa shape index (κ2) is 9.91. The molecule has 0 radical (unpaired) electrons. The summed E-state index contributed by atoms with van der Waals surface area (Å²) < 4.78 is 15.0. The molecule has 7 heteroatoms.